The second kappa shape index (κ2) is 13.5. The van der Waals surface area contributed by atoms with Crippen LogP contribution in [0.2, 0.25) is 0 Å². The van der Waals surface area contributed by atoms with Crippen molar-refractivity contribution in [1.29, 1.82) is 0 Å². The molecule has 0 unspecified atom stereocenters. The third-order valence-electron chi connectivity index (χ3n) is 2.46. The van der Waals surface area contributed by atoms with Crippen LogP contribution in [0, 0.1) is 0 Å². The summed E-state index contributed by atoms with van der Waals surface area (Å²) in [6.45, 7) is 7.85. The predicted molar refractivity (Wildman–Crippen MR) is 76.6 cm³/mol. The van der Waals surface area contributed by atoms with Crippen LogP contribution in [0.4, 0.5) is 0 Å². The maximum Gasteiger partial charge on any atom is 0.321 e. The van der Waals surface area contributed by atoms with Crippen LogP contribution >= 0.6 is 0 Å². The highest BCUT2D eigenvalue weighted by Gasteiger charge is 2.12. The van der Waals surface area contributed by atoms with Crippen LogP contribution < -0.4 is 0 Å². The summed E-state index contributed by atoms with van der Waals surface area (Å²) in [5.74, 6) is 1.31. The van der Waals surface area contributed by atoms with Crippen molar-refractivity contribution in [1.82, 2.24) is 0 Å². The van der Waals surface area contributed by atoms with Gasteiger partial charge >= 0.3 is 5.95 Å². The zero-order chi connectivity index (χ0) is 14.3. The Hall–Kier alpha value is -0.900. The molecule has 0 aliphatic heterocycles. The molecule has 0 atom stereocenters. The number of hydrogen-bond acceptors (Lipinski definition) is 4. The molecule has 0 bridgehead atoms. The zero-order valence-electron chi connectivity index (χ0n) is 13.0. The van der Waals surface area contributed by atoms with E-state index in [0.717, 1.165) is 31.4 Å². The van der Waals surface area contributed by atoms with Gasteiger partial charge in [0.15, 0.2) is 12.6 Å². The minimum atomic E-state index is 0.186. The van der Waals surface area contributed by atoms with E-state index in [2.05, 4.69) is 20.8 Å². The fraction of sp³-hybridized carbons (Fsp3) is 0.867. The molecular weight excluding hydrogens is 244 g/mol. The molecule has 0 aromatic heterocycles. The number of hydrogen-bond donors (Lipinski definition) is 0. The normalized spacial score (nSPS) is 12.0. The van der Waals surface area contributed by atoms with Crippen molar-refractivity contribution in [3.8, 4) is 0 Å². The van der Waals surface area contributed by atoms with Crippen molar-refractivity contribution in [3.63, 3.8) is 0 Å². The Morgan fingerprint density at radius 3 is 2.05 bits per heavy atom. The van der Waals surface area contributed by atoms with Crippen molar-refractivity contribution in [3.05, 3.63) is 11.7 Å². The van der Waals surface area contributed by atoms with Crippen molar-refractivity contribution >= 4 is 0 Å². The predicted octanol–water partition coefficient (Wildman–Crippen LogP) is 4.21. The summed E-state index contributed by atoms with van der Waals surface area (Å²) < 4.78 is 21.8. The molecule has 0 spiro atoms. The minimum absolute atomic E-state index is 0.186. The van der Waals surface area contributed by atoms with Gasteiger partial charge in [-0.05, 0) is 19.3 Å². The van der Waals surface area contributed by atoms with Gasteiger partial charge in [0.2, 0.25) is 0 Å². The van der Waals surface area contributed by atoms with Gasteiger partial charge in [0, 0.05) is 13.5 Å². The molecule has 0 rings (SSSR count). The van der Waals surface area contributed by atoms with Gasteiger partial charge in [-0.2, -0.15) is 0 Å². The highest BCUT2D eigenvalue weighted by Crippen LogP contribution is 2.18. The smallest absolute Gasteiger partial charge is 0.321 e. The number of ether oxygens (including phenoxy) is 4. The van der Waals surface area contributed by atoms with Crippen molar-refractivity contribution < 1.29 is 18.9 Å². The Balaban J connectivity index is 4.60. The van der Waals surface area contributed by atoms with Gasteiger partial charge in [0.05, 0.1) is 13.2 Å². The van der Waals surface area contributed by atoms with E-state index in [9.17, 15) is 0 Å². The lowest BCUT2D eigenvalue weighted by molar-refractivity contribution is -0.0685. The molecule has 19 heavy (non-hydrogen) atoms. The van der Waals surface area contributed by atoms with E-state index in [1.165, 1.54) is 12.8 Å². The van der Waals surface area contributed by atoms with E-state index >= 15 is 0 Å². The number of unbranched alkanes of at least 4 members (excludes halogenated alkanes) is 2. The first-order valence-corrected chi connectivity index (χ1v) is 7.40. The van der Waals surface area contributed by atoms with E-state index in [-0.39, 0.29) is 6.79 Å². The lowest BCUT2D eigenvalue weighted by Gasteiger charge is -2.16. The lowest BCUT2D eigenvalue weighted by atomic mass is 10.2. The third-order valence-corrected chi connectivity index (χ3v) is 2.46. The van der Waals surface area contributed by atoms with Gasteiger partial charge < -0.3 is 18.9 Å². The average molecular weight is 274 g/mol. The van der Waals surface area contributed by atoms with Crippen molar-refractivity contribution in [2.75, 3.05) is 27.1 Å². The summed E-state index contributed by atoms with van der Waals surface area (Å²) in [6.07, 6.45) is 6.23. The van der Waals surface area contributed by atoms with E-state index in [1.807, 2.05) is 0 Å². The molecule has 0 heterocycles. The quantitative estimate of drug-likeness (QED) is 0.286. The van der Waals surface area contributed by atoms with E-state index < -0.39 is 0 Å². The topological polar surface area (TPSA) is 36.9 Å². The fourth-order valence-electron chi connectivity index (χ4n) is 1.50. The van der Waals surface area contributed by atoms with Crippen LogP contribution in [0.15, 0.2) is 11.7 Å². The zero-order valence-corrected chi connectivity index (χ0v) is 13.0. The number of allylic oxidation sites excluding steroid dienone is 1. The molecule has 0 saturated carbocycles. The summed E-state index contributed by atoms with van der Waals surface area (Å²) in [5, 5.41) is 0. The van der Waals surface area contributed by atoms with Crippen LogP contribution in [-0.2, 0) is 18.9 Å². The molecule has 4 heteroatoms. The van der Waals surface area contributed by atoms with Crippen molar-refractivity contribution in [2.24, 2.45) is 0 Å². The highest BCUT2D eigenvalue weighted by atomic mass is 16.7. The minimum Gasteiger partial charge on any atom is -0.491 e. The standard InChI is InChI=1S/C15H30O4/c1-5-8-9-10-14(17-11-6-2)15(18-12-7-3)19-13-16-4/h5-13H2,1-4H3. The highest BCUT2D eigenvalue weighted by molar-refractivity contribution is 4.95. The second-order valence-electron chi connectivity index (χ2n) is 4.42. The molecule has 0 aromatic rings. The van der Waals surface area contributed by atoms with Gasteiger partial charge in [-0.25, -0.2) is 0 Å². The monoisotopic (exact) mass is 274 g/mol. The molecule has 0 aliphatic rings. The SMILES string of the molecule is CCCCCC(OCCC)=C(OCCC)OCOC. The van der Waals surface area contributed by atoms with Gasteiger partial charge in [0.1, 0.15) is 0 Å². The van der Waals surface area contributed by atoms with Gasteiger partial charge in [-0.3, -0.25) is 0 Å². The van der Waals surface area contributed by atoms with Crippen LogP contribution in [0.25, 0.3) is 0 Å². The Morgan fingerprint density at radius 2 is 1.47 bits per heavy atom. The first kappa shape index (κ1) is 18.1. The Bertz CT molecular complexity index is 216. The summed E-state index contributed by atoms with van der Waals surface area (Å²) in [7, 11) is 1.60. The summed E-state index contributed by atoms with van der Waals surface area (Å²) >= 11 is 0. The summed E-state index contributed by atoms with van der Waals surface area (Å²) in [5.41, 5.74) is 0. The number of rotatable bonds is 13. The molecule has 0 N–H and O–H groups in total. The molecule has 0 fully saturated rings. The molecule has 0 amide bonds. The first-order chi connectivity index (χ1) is 9.29. The molecule has 0 aliphatic carbocycles. The first-order valence-electron chi connectivity index (χ1n) is 7.40. The Morgan fingerprint density at radius 1 is 0.789 bits per heavy atom. The summed E-state index contributed by atoms with van der Waals surface area (Å²) in [6, 6.07) is 0. The molecule has 114 valence electrons. The summed E-state index contributed by atoms with van der Waals surface area (Å²) in [4.78, 5) is 0. The van der Waals surface area contributed by atoms with E-state index in [1.54, 1.807) is 7.11 Å². The molecule has 4 nitrogen and oxygen atoms in total. The van der Waals surface area contributed by atoms with E-state index in [0.29, 0.717) is 19.2 Å². The second-order valence-corrected chi connectivity index (χ2v) is 4.42. The Kier molecular flexibility index (Phi) is 12.9. The third kappa shape index (κ3) is 9.65. The molecule has 0 saturated heterocycles. The number of methoxy groups -OCH3 is 1. The van der Waals surface area contributed by atoms with E-state index in [4.69, 9.17) is 18.9 Å². The average Bonchev–Trinajstić information content (AvgIpc) is 2.43. The van der Waals surface area contributed by atoms with Gasteiger partial charge in [0.25, 0.3) is 0 Å². The maximum atomic E-state index is 5.77. The van der Waals surface area contributed by atoms with Gasteiger partial charge in [-0.15, -0.1) is 0 Å². The Labute approximate surface area is 118 Å². The molecule has 0 aromatic carbocycles. The van der Waals surface area contributed by atoms with Crippen LogP contribution in [-0.4, -0.2) is 27.1 Å². The fourth-order valence-corrected chi connectivity index (χ4v) is 1.50. The van der Waals surface area contributed by atoms with Crippen LogP contribution in [0.5, 0.6) is 0 Å². The lowest BCUT2D eigenvalue weighted by Crippen LogP contribution is -2.08. The van der Waals surface area contributed by atoms with Gasteiger partial charge in [-0.1, -0.05) is 33.6 Å². The van der Waals surface area contributed by atoms with Crippen LogP contribution in [0.3, 0.4) is 0 Å². The molecule has 0 radical (unpaired) electrons. The molecular formula is C15H30O4. The largest absolute Gasteiger partial charge is 0.491 e. The maximum absolute atomic E-state index is 5.77. The van der Waals surface area contributed by atoms with Crippen molar-refractivity contribution in [2.45, 2.75) is 59.3 Å². The van der Waals surface area contributed by atoms with Crippen LogP contribution in [0.1, 0.15) is 59.3 Å².